The monoisotopic (exact) mass is 284 g/mol. The van der Waals surface area contributed by atoms with Gasteiger partial charge in [-0.2, -0.15) is 8.42 Å². The summed E-state index contributed by atoms with van der Waals surface area (Å²) in [4.78, 5) is 0. The Morgan fingerprint density at radius 3 is 2.78 bits per heavy atom. The summed E-state index contributed by atoms with van der Waals surface area (Å²) in [6, 6.07) is 3.74. The molecular formula is C11H14FNaO4S. The maximum atomic E-state index is 13.2. The molecule has 0 saturated carbocycles. The second kappa shape index (κ2) is 6.34. The van der Waals surface area contributed by atoms with Gasteiger partial charge in [0.05, 0.1) is 12.4 Å². The third-order valence-corrected chi connectivity index (χ3v) is 2.97. The van der Waals surface area contributed by atoms with Gasteiger partial charge in [-0.3, -0.25) is 0 Å². The predicted octanol–water partition coefficient (Wildman–Crippen LogP) is -0.868. The Bertz CT molecular complexity index is 517. The van der Waals surface area contributed by atoms with E-state index in [0.717, 1.165) is 19.1 Å². The molecule has 1 aromatic rings. The van der Waals surface area contributed by atoms with Gasteiger partial charge in [0.15, 0.2) is 0 Å². The Labute approximate surface area is 129 Å². The number of halogens is 1. The van der Waals surface area contributed by atoms with Crippen molar-refractivity contribution in [2.24, 2.45) is 0 Å². The molecule has 0 aliphatic carbocycles. The Kier molecular flexibility index (Phi) is 5.61. The van der Waals surface area contributed by atoms with Crippen molar-refractivity contribution >= 4 is 10.1 Å². The minimum absolute atomic E-state index is 0. The number of ether oxygens (including phenoxy) is 1. The van der Waals surface area contributed by atoms with Crippen molar-refractivity contribution in [1.29, 1.82) is 0 Å². The van der Waals surface area contributed by atoms with E-state index in [9.17, 15) is 12.8 Å². The second-order valence-corrected chi connectivity index (χ2v) is 5.55. The minimum Gasteiger partial charge on any atom is -1.00 e. The molecule has 96 valence electrons. The first-order chi connectivity index (χ1) is 7.96. The zero-order chi connectivity index (χ0) is 12.5. The normalized spacial score (nSPS) is 19.3. The molecular weight excluding hydrogens is 270 g/mol. The molecule has 7 heteroatoms. The van der Waals surface area contributed by atoms with Gasteiger partial charge in [0, 0.05) is 12.2 Å². The SMILES string of the molecule is CS(=O)(=O)Oc1ccc(F)cc1C1CCCO1.[H-].[Na+]. The molecule has 1 heterocycles. The summed E-state index contributed by atoms with van der Waals surface area (Å²) < 4.78 is 45.6. The van der Waals surface area contributed by atoms with Crippen LogP contribution in [0.5, 0.6) is 5.75 Å². The molecule has 0 N–H and O–H groups in total. The van der Waals surface area contributed by atoms with E-state index in [4.69, 9.17) is 8.92 Å². The van der Waals surface area contributed by atoms with E-state index < -0.39 is 15.9 Å². The van der Waals surface area contributed by atoms with Crippen molar-refractivity contribution in [2.75, 3.05) is 12.9 Å². The standard InChI is InChI=1S/C11H13FO4S.Na.H/c1-17(13,14)16-11-5-4-8(12)7-9(11)10-3-2-6-15-10;;/h4-5,7,10H,2-3,6H2,1H3;;/q;+1;-1. The maximum absolute atomic E-state index is 13.2. The summed E-state index contributed by atoms with van der Waals surface area (Å²) in [6.45, 7) is 0.597. The molecule has 0 radical (unpaired) electrons. The summed E-state index contributed by atoms with van der Waals surface area (Å²) in [7, 11) is -3.62. The third-order valence-electron chi connectivity index (χ3n) is 2.49. The van der Waals surface area contributed by atoms with Gasteiger partial charge < -0.3 is 10.3 Å². The molecule has 2 rings (SSSR count). The number of hydrogen-bond donors (Lipinski definition) is 0. The molecule has 1 aliphatic rings. The number of hydrogen-bond acceptors (Lipinski definition) is 4. The van der Waals surface area contributed by atoms with Crippen LogP contribution in [0.15, 0.2) is 18.2 Å². The molecule has 1 aliphatic heterocycles. The van der Waals surface area contributed by atoms with Gasteiger partial charge in [0.1, 0.15) is 11.6 Å². The van der Waals surface area contributed by atoms with Gasteiger partial charge in [0.2, 0.25) is 0 Å². The zero-order valence-electron chi connectivity index (χ0n) is 11.3. The molecule has 1 unspecified atom stereocenters. The van der Waals surface area contributed by atoms with Crippen LogP contribution >= 0.6 is 0 Å². The van der Waals surface area contributed by atoms with E-state index in [1.54, 1.807) is 0 Å². The Morgan fingerprint density at radius 2 is 2.22 bits per heavy atom. The van der Waals surface area contributed by atoms with Crippen LogP contribution in [-0.2, 0) is 14.9 Å². The van der Waals surface area contributed by atoms with Crippen LogP contribution in [0.1, 0.15) is 25.9 Å². The summed E-state index contributed by atoms with van der Waals surface area (Å²) in [6.07, 6.45) is 2.28. The summed E-state index contributed by atoms with van der Waals surface area (Å²) >= 11 is 0. The molecule has 0 amide bonds. The first-order valence-corrected chi connectivity index (χ1v) is 7.08. The van der Waals surface area contributed by atoms with Crippen LogP contribution in [0.4, 0.5) is 4.39 Å². The molecule has 1 aromatic carbocycles. The molecule has 0 bridgehead atoms. The fourth-order valence-electron chi connectivity index (χ4n) is 1.83. The van der Waals surface area contributed by atoms with Gasteiger partial charge in [-0.05, 0) is 31.0 Å². The molecule has 18 heavy (non-hydrogen) atoms. The van der Waals surface area contributed by atoms with Crippen molar-refractivity contribution in [3.05, 3.63) is 29.6 Å². The van der Waals surface area contributed by atoms with Crippen LogP contribution in [-0.4, -0.2) is 21.3 Å². The van der Waals surface area contributed by atoms with E-state index in [1.165, 1.54) is 18.2 Å². The van der Waals surface area contributed by atoms with Crippen molar-refractivity contribution < 1.29 is 52.7 Å². The van der Waals surface area contributed by atoms with E-state index in [2.05, 4.69) is 0 Å². The second-order valence-electron chi connectivity index (χ2n) is 3.97. The zero-order valence-corrected chi connectivity index (χ0v) is 13.2. The van der Waals surface area contributed by atoms with Crippen LogP contribution in [0, 0.1) is 5.82 Å². The van der Waals surface area contributed by atoms with Crippen molar-refractivity contribution in [1.82, 2.24) is 0 Å². The van der Waals surface area contributed by atoms with Gasteiger partial charge in [-0.25, -0.2) is 4.39 Å². The Balaban J connectivity index is 0.00000162. The molecule has 0 aromatic heterocycles. The quantitative estimate of drug-likeness (QED) is 0.535. The fraction of sp³-hybridized carbons (Fsp3) is 0.455. The van der Waals surface area contributed by atoms with Crippen LogP contribution < -0.4 is 33.7 Å². The average molecular weight is 284 g/mol. The van der Waals surface area contributed by atoms with E-state index in [1.807, 2.05) is 0 Å². The third kappa shape index (κ3) is 4.20. The maximum Gasteiger partial charge on any atom is 1.00 e. The topological polar surface area (TPSA) is 52.6 Å². The van der Waals surface area contributed by atoms with Crippen LogP contribution in [0.2, 0.25) is 0 Å². The molecule has 1 fully saturated rings. The molecule has 4 nitrogen and oxygen atoms in total. The number of rotatable bonds is 3. The van der Waals surface area contributed by atoms with E-state index >= 15 is 0 Å². The molecule has 1 saturated heterocycles. The number of benzene rings is 1. The average Bonchev–Trinajstić information content (AvgIpc) is 2.71. The fourth-order valence-corrected chi connectivity index (χ4v) is 2.31. The van der Waals surface area contributed by atoms with Crippen LogP contribution in [0.25, 0.3) is 0 Å². The van der Waals surface area contributed by atoms with E-state index in [-0.39, 0.29) is 42.8 Å². The van der Waals surface area contributed by atoms with Gasteiger partial charge >= 0.3 is 39.7 Å². The summed E-state index contributed by atoms with van der Waals surface area (Å²) in [5, 5.41) is 0. The summed E-state index contributed by atoms with van der Waals surface area (Å²) in [5.41, 5.74) is 0.452. The minimum atomic E-state index is -3.62. The summed E-state index contributed by atoms with van der Waals surface area (Å²) in [5.74, 6) is -0.294. The predicted molar refractivity (Wildman–Crippen MR) is 60.9 cm³/mol. The van der Waals surface area contributed by atoms with Gasteiger partial charge in [-0.1, -0.05) is 0 Å². The Hall–Kier alpha value is -0.140. The smallest absolute Gasteiger partial charge is 1.00 e. The van der Waals surface area contributed by atoms with Crippen molar-refractivity contribution in [3.8, 4) is 5.75 Å². The molecule has 1 atom stereocenters. The van der Waals surface area contributed by atoms with E-state index in [0.29, 0.717) is 12.2 Å². The Morgan fingerprint density at radius 1 is 1.50 bits per heavy atom. The van der Waals surface area contributed by atoms with Gasteiger partial charge in [-0.15, -0.1) is 0 Å². The van der Waals surface area contributed by atoms with Crippen molar-refractivity contribution in [2.45, 2.75) is 18.9 Å². The molecule has 0 spiro atoms. The first kappa shape index (κ1) is 15.9. The largest absolute Gasteiger partial charge is 1.00 e. The van der Waals surface area contributed by atoms with Crippen LogP contribution in [0.3, 0.4) is 0 Å². The first-order valence-electron chi connectivity index (χ1n) is 5.26. The van der Waals surface area contributed by atoms with Gasteiger partial charge in [0.25, 0.3) is 0 Å². The van der Waals surface area contributed by atoms with Crippen molar-refractivity contribution in [3.63, 3.8) is 0 Å².